The lowest BCUT2D eigenvalue weighted by Gasteiger charge is -2.45. The minimum Gasteiger partial charge on any atom is -0.492 e. The van der Waals surface area contributed by atoms with Gasteiger partial charge in [0.05, 0.1) is 24.6 Å². The zero-order valence-electron chi connectivity index (χ0n) is 24.3. The van der Waals surface area contributed by atoms with Gasteiger partial charge in [-0.05, 0) is 44.5 Å². The molecule has 1 aliphatic rings. The second kappa shape index (κ2) is 12.8. The number of rotatable bonds is 8. The molecule has 238 valence electrons. The van der Waals surface area contributed by atoms with E-state index in [1.807, 2.05) is 4.90 Å². The highest BCUT2D eigenvalue weighted by molar-refractivity contribution is 6.35. The fraction of sp³-hybridized carbons (Fsp3) is 0.414. The molecule has 3 atom stereocenters. The number of aromatic nitrogens is 1. The van der Waals surface area contributed by atoms with E-state index in [4.69, 9.17) is 33.7 Å². The van der Waals surface area contributed by atoms with Gasteiger partial charge in [0.15, 0.2) is 11.6 Å². The Hall–Kier alpha value is -3.55. The van der Waals surface area contributed by atoms with Crippen LogP contribution in [0.15, 0.2) is 35.3 Å². The molecule has 2 amide bonds. The van der Waals surface area contributed by atoms with Crippen LogP contribution in [0.1, 0.15) is 42.7 Å². The number of alkyl halides is 3. The van der Waals surface area contributed by atoms with Crippen LogP contribution in [0.2, 0.25) is 10.0 Å². The van der Waals surface area contributed by atoms with Crippen molar-refractivity contribution in [3.63, 3.8) is 0 Å². The molecule has 0 aliphatic carbocycles. The number of halogens is 6. The number of methoxy groups -OCH3 is 1. The summed E-state index contributed by atoms with van der Waals surface area (Å²) in [4.78, 5) is 41.8. The SMILES string of the molecule is COc1c(N2C[C@@H](C)N(CC(N)=O)[C@@H](C)C2)c(F)cc2c(=O)c(C(=O)NCc3ccc(Cl)cc3Cl)cn([C@@H](C)C(F)(F)F)c12. The van der Waals surface area contributed by atoms with E-state index in [0.717, 1.165) is 26.3 Å². The van der Waals surface area contributed by atoms with Crippen molar-refractivity contribution in [2.75, 3.05) is 31.6 Å². The third-order valence-electron chi connectivity index (χ3n) is 7.75. The molecule has 4 rings (SSSR count). The van der Waals surface area contributed by atoms with Gasteiger partial charge in [-0.15, -0.1) is 0 Å². The predicted octanol–water partition coefficient (Wildman–Crippen LogP) is 4.89. The molecule has 2 heterocycles. The number of anilines is 1. The number of benzene rings is 2. The van der Waals surface area contributed by atoms with Crippen molar-refractivity contribution < 1.29 is 31.9 Å². The van der Waals surface area contributed by atoms with Crippen molar-refractivity contribution in [2.45, 2.75) is 51.6 Å². The van der Waals surface area contributed by atoms with Crippen LogP contribution >= 0.6 is 23.2 Å². The summed E-state index contributed by atoms with van der Waals surface area (Å²) in [5, 5.41) is 2.61. The number of pyridine rings is 1. The Morgan fingerprint density at radius 1 is 1.16 bits per heavy atom. The van der Waals surface area contributed by atoms with Crippen molar-refractivity contribution in [3.8, 4) is 5.75 Å². The molecule has 1 fully saturated rings. The number of nitrogens with one attached hydrogen (secondary N) is 1. The summed E-state index contributed by atoms with van der Waals surface area (Å²) in [7, 11) is 1.16. The second-order valence-electron chi connectivity index (χ2n) is 10.8. The standard InChI is InChI=1S/C29H31Cl2F4N5O4/c1-14-10-38(11-15(2)39(14)13-23(36)41)25-22(32)8-19-24(27(25)44-4)40(16(3)29(33,34)35)12-20(26(19)42)28(43)37-9-17-5-6-18(30)7-21(17)31/h5-8,12,14-16H,9-11,13H2,1-4H3,(H2,36,41)(H,37,43)/t14-,15+,16-/m0/s1. The number of hydrogen-bond donors (Lipinski definition) is 2. The third-order valence-corrected chi connectivity index (χ3v) is 8.34. The number of amides is 2. The van der Waals surface area contributed by atoms with Gasteiger partial charge < -0.3 is 25.3 Å². The van der Waals surface area contributed by atoms with Gasteiger partial charge in [0.25, 0.3) is 5.91 Å². The molecule has 0 unspecified atom stereocenters. The molecule has 0 saturated carbocycles. The zero-order chi connectivity index (χ0) is 32.7. The highest BCUT2D eigenvalue weighted by atomic mass is 35.5. The first-order valence-corrected chi connectivity index (χ1v) is 14.3. The van der Waals surface area contributed by atoms with E-state index in [-0.39, 0.29) is 60.2 Å². The van der Waals surface area contributed by atoms with Crippen LogP contribution in [0.4, 0.5) is 23.2 Å². The van der Waals surface area contributed by atoms with E-state index in [2.05, 4.69) is 5.32 Å². The third kappa shape index (κ3) is 6.59. The summed E-state index contributed by atoms with van der Waals surface area (Å²) >= 11 is 12.1. The smallest absolute Gasteiger partial charge is 0.408 e. The highest BCUT2D eigenvalue weighted by Gasteiger charge is 2.40. The summed E-state index contributed by atoms with van der Waals surface area (Å²) in [5.74, 6) is -2.74. The van der Waals surface area contributed by atoms with Crippen LogP contribution in [0.25, 0.3) is 10.9 Å². The first-order valence-electron chi connectivity index (χ1n) is 13.6. The number of piperazine rings is 1. The Labute approximate surface area is 260 Å². The fourth-order valence-corrected chi connectivity index (χ4v) is 6.00. The number of primary amides is 1. The molecule has 1 aliphatic heterocycles. The van der Waals surface area contributed by atoms with E-state index < -0.39 is 46.2 Å². The van der Waals surface area contributed by atoms with Gasteiger partial charge in [0.1, 0.15) is 17.3 Å². The second-order valence-corrected chi connectivity index (χ2v) is 11.6. The molecular weight excluding hydrogens is 629 g/mol. The lowest BCUT2D eigenvalue weighted by molar-refractivity contribution is -0.162. The Morgan fingerprint density at radius 2 is 1.80 bits per heavy atom. The van der Waals surface area contributed by atoms with E-state index >= 15 is 4.39 Å². The summed E-state index contributed by atoms with van der Waals surface area (Å²) in [6.07, 6.45) is -4.00. The van der Waals surface area contributed by atoms with Crippen molar-refractivity contribution >= 4 is 51.6 Å². The van der Waals surface area contributed by atoms with Gasteiger partial charge in [-0.1, -0.05) is 29.3 Å². The average molecular weight is 660 g/mol. The lowest BCUT2D eigenvalue weighted by atomic mass is 10.0. The van der Waals surface area contributed by atoms with Gasteiger partial charge >= 0.3 is 6.18 Å². The molecule has 0 spiro atoms. The van der Waals surface area contributed by atoms with Crippen molar-refractivity contribution in [3.05, 3.63) is 67.7 Å². The van der Waals surface area contributed by atoms with Gasteiger partial charge in [-0.3, -0.25) is 19.3 Å². The molecule has 3 aromatic rings. The average Bonchev–Trinajstić information content (AvgIpc) is 2.93. The Morgan fingerprint density at radius 3 is 2.34 bits per heavy atom. The quantitative estimate of drug-likeness (QED) is 0.333. The lowest BCUT2D eigenvalue weighted by Crippen LogP contribution is -2.58. The van der Waals surface area contributed by atoms with Crippen LogP contribution in [0.5, 0.6) is 5.75 Å². The Balaban J connectivity index is 1.86. The Bertz CT molecular complexity index is 1650. The molecule has 2 aromatic carbocycles. The maximum Gasteiger partial charge on any atom is 0.408 e. The first-order chi connectivity index (χ1) is 20.5. The molecule has 1 saturated heterocycles. The molecule has 44 heavy (non-hydrogen) atoms. The topological polar surface area (TPSA) is 110 Å². The van der Waals surface area contributed by atoms with Gasteiger partial charge in [-0.25, -0.2) is 4.39 Å². The van der Waals surface area contributed by atoms with Crippen LogP contribution in [0.3, 0.4) is 0 Å². The van der Waals surface area contributed by atoms with Crippen LogP contribution in [0, 0.1) is 5.82 Å². The van der Waals surface area contributed by atoms with E-state index in [9.17, 15) is 27.6 Å². The fourth-order valence-electron chi connectivity index (χ4n) is 5.52. The zero-order valence-corrected chi connectivity index (χ0v) is 25.8. The number of carbonyl (C=O) groups excluding carboxylic acids is 2. The molecule has 0 radical (unpaired) electrons. The summed E-state index contributed by atoms with van der Waals surface area (Å²) in [6, 6.07) is 2.55. The number of nitrogens with zero attached hydrogens (tertiary/aromatic N) is 3. The van der Waals surface area contributed by atoms with E-state index in [1.165, 1.54) is 12.1 Å². The number of ether oxygens (including phenoxy) is 1. The molecule has 15 heteroatoms. The molecule has 3 N–H and O–H groups in total. The van der Waals surface area contributed by atoms with E-state index in [0.29, 0.717) is 15.2 Å². The van der Waals surface area contributed by atoms with Crippen LogP contribution in [-0.2, 0) is 11.3 Å². The van der Waals surface area contributed by atoms with Crippen molar-refractivity contribution in [1.82, 2.24) is 14.8 Å². The van der Waals surface area contributed by atoms with Gasteiger partial charge in [-0.2, -0.15) is 13.2 Å². The minimum atomic E-state index is -4.81. The highest BCUT2D eigenvalue weighted by Crippen LogP contribution is 2.42. The monoisotopic (exact) mass is 659 g/mol. The van der Waals surface area contributed by atoms with Gasteiger partial charge in [0, 0.05) is 48.0 Å². The van der Waals surface area contributed by atoms with Crippen LogP contribution in [-0.4, -0.2) is 66.3 Å². The molecule has 1 aromatic heterocycles. The predicted molar refractivity (Wildman–Crippen MR) is 160 cm³/mol. The van der Waals surface area contributed by atoms with Crippen LogP contribution < -0.4 is 26.1 Å². The molecule has 0 bridgehead atoms. The van der Waals surface area contributed by atoms with Gasteiger partial charge in [0.2, 0.25) is 11.3 Å². The molecule has 9 nitrogen and oxygen atoms in total. The van der Waals surface area contributed by atoms with Crippen molar-refractivity contribution in [1.29, 1.82) is 0 Å². The molecular formula is C29H31Cl2F4N5O4. The number of hydrogen-bond acceptors (Lipinski definition) is 6. The first kappa shape index (κ1) is 33.3. The van der Waals surface area contributed by atoms with Crippen molar-refractivity contribution in [2.24, 2.45) is 5.73 Å². The van der Waals surface area contributed by atoms with E-state index in [1.54, 1.807) is 24.8 Å². The maximum absolute atomic E-state index is 15.9. The Kier molecular flexibility index (Phi) is 9.72. The summed E-state index contributed by atoms with van der Waals surface area (Å²) in [5.41, 5.74) is 3.75. The normalized spacial score (nSPS) is 18.4. The number of nitrogens with two attached hydrogens (primary N) is 1. The number of carbonyl (C=O) groups is 2. The largest absolute Gasteiger partial charge is 0.492 e. The minimum absolute atomic E-state index is 0.0226. The number of fused-ring (bicyclic) bond motifs is 1. The maximum atomic E-state index is 15.9. The summed E-state index contributed by atoms with van der Waals surface area (Å²) < 4.78 is 64.7. The summed E-state index contributed by atoms with van der Waals surface area (Å²) in [6.45, 7) is 4.66.